The highest BCUT2D eigenvalue weighted by molar-refractivity contribution is 7.17. The highest BCUT2D eigenvalue weighted by atomic mass is 32.1. The molecule has 1 amide bonds. The lowest BCUT2D eigenvalue weighted by Crippen LogP contribution is -2.15. The molecule has 0 radical (unpaired) electrons. The third kappa shape index (κ3) is 4.33. The second kappa shape index (κ2) is 8.77. The number of anilines is 1. The van der Waals surface area contributed by atoms with E-state index >= 15 is 0 Å². The van der Waals surface area contributed by atoms with E-state index in [2.05, 4.69) is 5.32 Å². The fourth-order valence-electron chi connectivity index (χ4n) is 2.98. The summed E-state index contributed by atoms with van der Waals surface area (Å²) in [7, 11) is 0. The van der Waals surface area contributed by atoms with Gasteiger partial charge >= 0.3 is 5.97 Å². The molecule has 0 unspecified atom stereocenters. The molecule has 0 aliphatic heterocycles. The second-order valence-electron chi connectivity index (χ2n) is 5.89. The van der Waals surface area contributed by atoms with Crippen LogP contribution in [0.5, 0.6) is 0 Å². The maximum Gasteiger partial charge on any atom is 0.341 e. The van der Waals surface area contributed by atoms with Gasteiger partial charge in [0, 0.05) is 22.6 Å². The average molecular weight is 390 g/mol. The maximum atomic E-state index is 12.5. The summed E-state index contributed by atoms with van der Waals surface area (Å²) in [5.74, 6) is -0.838. The molecular formula is C19H22N2O5S. The Morgan fingerprint density at radius 1 is 1.22 bits per heavy atom. The number of carbonyl (C=O) groups is 2. The van der Waals surface area contributed by atoms with Gasteiger partial charge in [0.2, 0.25) is 0 Å². The number of benzene rings is 1. The van der Waals surface area contributed by atoms with Crippen LogP contribution in [0.3, 0.4) is 0 Å². The van der Waals surface area contributed by atoms with Crippen molar-refractivity contribution in [1.82, 2.24) is 0 Å². The number of fused-ring (bicyclic) bond motifs is 1. The van der Waals surface area contributed by atoms with Gasteiger partial charge < -0.3 is 10.1 Å². The normalized spacial score (nSPS) is 12.5. The zero-order valence-electron chi connectivity index (χ0n) is 14.2. The minimum atomic E-state index is -0.520. The summed E-state index contributed by atoms with van der Waals surface area (Å²) in [6.45, 7) is 2.00. The molecule has 3 rings (SSSR count). The molecule has 2 aromatic rings. The minimum absolute atomic E-state index is 0. The predicted molar refractivity (Wildman–Crippen MR) is 105 cm³/mol. The number of non-ortho nitro benzene ring substituents is 1. The fraction of sp³-hybridized carbons (Fsp3) is 0.368. The van der Waals surface area contributed by atoms with Crippen LogP contribution in [-0.2, 0) is 17.6 Å². The number of carbonyl (C=O) groups excluding carboxylic acids is 2. The molecule has 1 aliphatic rings. The van der Waals surface area contributed by atoms with Gasteiger partial charge in [-0.25, -0.2) is 4.79 Å². The van der Waals surface area contributed by atoms with E-state index in [1.807, 2.05) is 0 Å². The Hall–Kier alpha value is -2.74. The highest BCUT2D eigenvalue weighted by Gasteiger charge is 2.27. The number of nitrogens with zero attached hydrogens (tertiary/aromatic N) is 1. The number of rotatable bonds is 5. The molecule has 7 nitrogen and oxygen atoms in total. The van der Waals surface area contributed by atoms with E-state index in [-0.39, 0.29) is 25.3 Å². The molecule has 0 fully saturated rings. The number of hydrogen-bond acceptors (Lipinski definition) is 6. The molecule has 1 N–H and O–H groups in total. The van der Waals surface area contributed by atoms with Crippen molar-refractivity contribution in [3.8, 4) is 0 Å². The number of nitro benzene ring substituents is 1. The van der Waals surface area contributed by atoms with Crippen molar-refractivity contribution in [3.63, 3.8) is 0 Å². The number of ether oxygens (including phenoxy) is 1. The number of nitrogens with one attached hydrogen (secondary N) is 1. The van der Waals surface area contributed by atoms with Gasteiger partial charge in [-0.05, 0) is 50.3 Å². The van der Waals surface area contributed by atoms with Crippen molar-refractivity contribution < 1.29 is 19.2 Å². The molecule has 1 aliphatic carbocycles. The third-order valence-corrected chi connectivity index (χ3v) is 5.43. The monoisotopic (exact) mass is 390 g/mol. The van der Waals surface area contributed by atoms with E-state index in [0.717, 1.165) is 36.1 Å². The average Bonchev–Trinajstić information content (AvgIpc) is 2.99. The van der Waals surface area contributed by atoms with Crippen molar-refractivity contribution in [2.24, 2.45) is 0 Å². The lowest BCUT2D eigenvalue weighted by atomic mass is 9.95. The molecule has 0 spiro atoms. The predicted octanol–water partition coefficient (Wildman–Crippen LogP) is 4.60. The number of esters is 1. The maximum absolute atomic E-state index is 12.5. The number of nitro groups is 1. The Bertz CT molecular complexity index is 858. The van der Waals surface area contributed by atoms with Crippen LogP contribution in [0, 0.1) is 10.1 Å². The molecule has 1 aromatic carbocycles. The van der Waals surface area contributed by atoms with Gasteiger partial charge in [-0.2, -0.15) is 0 Å². The largest absolute Gasteiger partial charge is 0.462 e. The van der Waals surface area contributed by atoms with Gasteiger partial charge in [-0.3, -0.25) is 14.9 Å². The summed E-state index contributed by atoms with van der Waals surface area (Å²) >= 11 is 1.41. The lowest BCUT2D eigenvalue weighted by molar-refractivity contribution is -0.384. The van der Waals surface area contributed by atoms with E-state index in [1.54, 1.807) is 6.92 Å². The standard InChI is InChI=1S/C18H18N2O5S.CH4/c1-2-25-18(22)15-13-5-3-4-6-14(13)26-17(15)19-16(21)11-7-9-12(10-8-11)20(23)24;/h7-10H,2-6H2,1H3,(H,19,21);1H4. The molecule has 144 valence electrons. The van der Waals surface area contributed by atoms with Crippen molar-refractivity contribution in [3.05, 3.63) is 55.9 Å². The fourth-order valence-corrected chi connectivity index (χ4v) is 4.26. The Labute approximate surface area is 161 Å². The first kappa shape index (κ1) is 20.6. The quantitative estimate of drug-likeness (QED) is 0.457. The Morgan fingerprint density at radius 2 is 1.89 bits per heavy atom. The van der Waals surface area contributed by atoms with Crippen molar-refractivity contribution in [1.29, 1.82) is 0 Å². The van der Waals surface area contributed by atoms with E-state index < -0.39 is 16.8 Å². The first-order valence-corrected chi connectivity index (χ1v) is 9.20. The molecule has 1 heterocycles. The number of aryl methyl sites for hydroxylation is 1. The first-order chi connectivity index (χ1) is 12.5. The highest BCUT2D eigenvalue weighted by Crippen LogP contribution is 2.38. The molecule has 0 bridgehead atoms. The van der Waals surface area contributed by atoms with Gasteiger partial charge in [0.25, 0.3) is 11.6 Å². The molecule has 0 saturated carbocycles. The van der Waals surface area contributed by atoms with E-state index in [1.165, 1.54) is 35.6 Å². The van der Waals surface area contributed by atoms with Gasteiger partial charge in [0.1, 0.15) is 5.00 Å². The topological polar surface area (TPSA) is 98.5 Å². The molecule has 0 atom stereocenters. The SMILES string of the molecule is C.CCOC(=O)c1c(NC(=O)c2ccc([N+](=O)[O-])cc2)sc2c1CCCC2. The van der Waals surface area contributed by atoms with Gasteiger partial charge in [-0.15, -0.1) is 11.3 Å². The van der Waals surface area contributed by atoms with Crippen LogP contribution in [0.2, 0.25) is 0 Å². The van der Waals surface area contributed by atoms with E-state index in [4.69, 9.17) is 4.74 Å². The van der Waals surface area contributed by atoms with Crippen molar-refractivity contribution >= 4 is 33.9 Å². The Morgan fingerprint density at radius 3 is 2.52 bits per heavy atom. The summed E-state index contributed by atoms with van der Waals surface area (Å²) in [5, 5.41) is 14.0. The number of thiophene rings is 1. The third-order valence-electron chi connectivity index (χ3n) is 4.22. The smallest absolute Gasteiger partial charge is 0.341 e. The Kier molecular flexibility index (Phi) is 6.68. The molecular weight excluding hydrogens is 368 g/mol. The minimum Gasteiger partial charge on any atom is -0.462 e. The zero-order chi connectivity index (χ0) is 18.7. The van der Waals surface area contributed by atoms with Crippen LogP contribution < -0.4 is 5.32 Å². The van der Waals surface area contributed by atoms with Gasteiger partial charge in [-0.1, -0.05) is 7.43 Å². The summed E-state index contributed by atoms with van der Waals surface area (Å²) < 4.78 is 5.16. The van der Waals surface area contributed by atoms with Gasteiger partial charge in [0.15, 0.2) is 0 Å². The van der Waals surface area contributed by atoms with Crippen LogP contribution in [0.1, 0.15) is 58.3 Å². The summed E-state index contributed by atoms with van der Waals surface area (Å²) in [6, 6.07) is 5.34. The molecule has 8 heteroatoms. The summed E-state index contributed by atoms with van der Waals surface area (Å²) in [4.78, 5) is 36.2. The summed E-state index contributed by atoms with van der Waals surface area (Å²) in [5.41, 5.74) is 1.62. The zero-order valence-corrected chi connectivity index (χ0v) is 15.1. The van der Waals surface area contributed by atoms with Crippen LogP contribution in [-0.4, -0.2) is 23.4 Å². The van der Waals surface area contributed by atoms with Gasteiger partial charge in [0.05, 0.1) is 17.1 Å². The van der Waals surface area contributed by atoms with Crippen LogP contribution >= 0.6 is 11.3 Å². The molecule has 1 aromatic heterocycles. The second-order valence-corrected chi connectivity index (χ2v) is 7.00. The molecule has 0 saturated heterocycles. The lowest BCUT2D eigenvalue weighted by Gasteiger charge is -2.12. The molecule has 27 heavy (non-hydrogen) atoms. The van der Waals surface area contributed by atoms with Crippen LogP contribution in [0.15, 0.2) is 24.3 Å². The van der Waals surface area contributed by atoms with Crippen molar-refractivity contribution in [2.75, 3.05) is 11.9 Å². The first-order valence-electron chi connectivity index (χ1n) is 8.38. The number of hydrogen-bond donors (Lipinski definition) is 1. The summed E-state index contributed by atoms with van der Waals surface area (Å²) in [6.07, 6.45) is 3.75. The van der Waals surface area contributed by atoms with Crippen molar-refractivity contribution in [2.45, 2.75) is 40.0 Å². The van der Waals surface area contributed by atoms with Crippen LogP contribution in [0.25, 0.3) is 0 Å². The van der Waals surface area contributed by atoms with Crippen LogP contribution in [0.4, 0.5) is 10.7 Å². The Balaban J connectivity index is 0.00000261. The van der Waals surface area contributed by atoms with E-state index in [9.17, 15) is 19.7 Å². The number of amides is 1. The van der Waals surface area contributed by atoms with E-state index in [0.29, 0.717) is 10.6 Å².